The maximum atomic E-state index is 4.28. The van der Waals surface area contributed by atoms with Gasteiger partial charge in [0.2, 0.25) is 0 Å². The summed E-state index contributed by atoms with van der Waals surface area (Å²) >= 11 is 0. The highest BCUT2D eigenvalue weighted by atomic mass is 35.5. The summed E-state index contributed by atoms with van der Waals surface area (Å²) in [6, 6.07) is 0. The topological polar surface area (TPSA) is 50.7 Å². The lowest BCUT2D eigenvalue weighted by molar-refractivity contribution is 0.594. The van der Waals surface area contributed by atoms with E-state index in [1.165, 1.54) is 0 Å². The van der Waals surface area contributed by atoms with Gasteiger partial charge in [-0.05, 0) is 6.92 Å². The largest absolute Gasteiger partial charge is 0.311 e. The Labute approximate surface area is 77.2 Å². The molecule has 0 bridgehead atoms. The predicted molar refractivity (Wildman–Crippen MR) is 47.2 cm³/mol. The minimum Gasteiger partial charge on any atom is -0.311 e. The van der Waals surface area contributed by atoms with Crippen molar-refractivity contribution in [1.29, 1.82) is 0 Å². The van der Waals surface area contributed by atoms with Gasteiger partial charge in [-0.2, -0.15) is 5.10 Å². The van der Waals surface area contributed by atoms with Crippen LogP contribution in [0.1, 0.15) is 17.2 Å². The van der Waals surface area contributed by atoms with E-state index in [2.05, 4.69) is 20.5 Å². The van der Waals surface area contributed by atoms with Crippen LogP contribution in [-0.2, 0) is 13.0 Å². The van der Waals surface area contributed by atoms with Gasteiger partial charge in [-0.3, -0.25) is 0 Å². The number of rotatable bonds is 0. The Morgan fingerprint density at radius 1 is 1.25 bits per heavy atom. The highest BCUT2D eigenvalue weighted by molar-refractivity contribution is 5.85. The first-order chi connectivity index (χ1) is 5.36. The Hall–Kier alpha value is -0.740. The number of nitrogens with one attached hydrogen (secondary N) is 1. The normalized spacial score (nSPS) is 14.8. The molecule has 0 aliphatic carbocycles. The van der Waals surface area contributed by atoms with Crippen LogP contribution >= 0.6 is 12.4 Å². The summed E-state index contributed by atoms with van der Waals surface area (Å²) in [5.41, 5.74) is 2.11. The summed E-state index contributed by atoms with van der Waals surface area (Å²) in [4.78, 5) is 4.28. The molecule has 5 heteroatoms. The molecule has 0 aromatic carbocycles. The predicted octanol–water partition coefficient (Wildman–Crippen LogP) is 0.248. The molecule has 0 unspecified atom stereocenters. The molecule has 12 heavy (non-hydrogen) atoms. The Morgan fingerprint density at radius 3 is 2.92 bits per heavy atom. The maximum absolute atomic E-state index is 4.28. The van der Waals surface area contributed by atoms with E-state index in [1.807, 2.05) is 6.92 Å². The summed E-state index contributed by atoms with van der Waals surface area (Å²) in [5.74, 6) is 0.757. The molecule has 1 aliphatic heterocycles. The zero-order chi connectivity index (χ0) is 7.68. The first-order valence-corrected chi connectivity index (χ1v) is 3.76. The van der Waals surface area contributed by atoms with Gasteiger partial charge in [0.1, 0.15) is 5.82 Å². The number of nitrogens with zero attached hydrogens (tertiary/aromatic N) is 3. The zero-order valence-electron chi connectivity index (χ0n) is 6.87. The van der Waals surface area contributed by atoms with Crippen molar-refractivity contribution in [3.8, 4) is 0 Å². The molecule has 2 rings (SSSR count). The molecule has 66 valence electrons. The van der Waals surface area contributed by atoms with Crippen molar-refractivity contribution in [2.75, 3.05) is 6.54 Å². The van der Waals surface area contributed by atoms with Gasteiger partial charge in [0.05, 0.1) is 11.4 Å². The minimum atomic E-state index is 0. The number of hydrogen-bond acceptors (Lipinski definition) is 4. The van der Waals surface area contributed by atoms with E-state index in [0.29, 0.717) is 0 Å². The van der Waals surface area contributed by atoms with Crippen LogP contribution < -0.4 is 5.32 Å². The number of fused-ring (bicyclic) bond motifs is 1. The molecule has 0 atom stereocenters. The second kappa shape index (κ2) is 3.78. The van der Waals surface area contributed by atoms with Crippen LogP contribution in [0.15, 0.2) is 0 Å². The van der Waals surface area contributed by atoms with Crippen molar-refractivity contribution >= 4 is 12.4 Å². The molecule has 1 aliphatic rings. The van der Waals surface area contributed by atoms with E-state index in [0.717, 1.165) is 36.7 Å². The van der Waals surface area contributed by atoms with Crippen molar-refractivity contribution in [1.82, 2.24) is 20.5 Å². The highest BCUT2D eigenvalue weighted by Gasteiger charge is 2.11. The van der Waals surface area contributed by atoms with Gasteiger partial charge in [-0.1, -0.05) is 0 Å². The number of hydrogen-bond donors (Lipinski definition) is 1. The molecular formula is C7H11ClN4. The van der Waals surface area contributed by atoms with Crippen molar-refractivity contribution in [2.45, 2.75) is 19.9 Å². The minimum absolute atomic E-state index is 0. The van der Waals surface area contributed by atoms with Crippen LogP contribution in [0.5, 0.6) is 0 Å². The molecule has 0 amide bonds. The summed E-state index contributed by atoms with van der Waals surface area (Å²) in [5, 5.41) is 11.2. The molecule has 1 N–H and O–H groups in total. The third-order valence-electron chi connectivity index (χ3n) is 1.78. The van der Waals surface area contributed by atoms with E-state index >= 15 is 0 Å². The van der Waals surface area contributed by atoms with Gasteiger partial charge >= 0.3 is 0 Å². The molecular weight excluding hydrogens is 176 g/mol. The van der Waals surface area contributed by atoms with Gasteiger partial charge in [-0.25, -0.2) is 4.98 Å². The first-order valence-electron chi connectivity index (χ1n) is 3.76. The van der Waals surface area contributed by atoms with Gasteiger partial charge in [0.15, 0.2) is 0 Å². The molecule has 2 heterocycles. The number of aryl methyl sites for hydroxylation is 1. The monoisotopic (exact) mass is 186 g/mol. The number of aromatic nitrogens is 3. The fourth-order valence-electron chi connectivity index (χ4n) is 1.22. The van der Waals surface area contributed by atoms with E-state index in [-0.39, 0.29) is 12.4 Å². The molecule has 0 saturated carbocycles. The fourth-order valence-corrected chi connectivity index (χ4v) is 1.22. The van der Waals surface area contributed by atoms with Crippen molar-refractivity contribution in [3.05, 3.63) is 17.2 Å². The smallest absolute Gasteiger partial charge is 0.148 e. The van der Waals surface area contributed by atoms with E-state index < -0.39 is 0 Å². The second-order valence-corrected chi connectivity index (χ2v) is 2.68. The zero-order valence-corrected chi connectivity index (χ0v) is 7.69. The van der Waals surface area contributed by atoms with Gasteiger partial charge in [0.25, 0.3) is 0 Å². The van der Waals surface area contributed by atoms with E-state index in [9.17, 15) is 0 Å². The molecule has 0 radical (unpaired) electrons. The highest BCUT2D eigenvalue weighted by Crippen LogP contribution is 2.05. The van der Waals surface area contributed by atoms with Crippen molar-refractivity contribution in [2.24, 2.45) is 0 Å². The van der Waals surface area contributed by atoms with Crippen LogP contribution in [-0.4, -0.2) is 21.7 Å². The Kier molecular flexibility index (Phi) is 2.94. The summed E-state index contributed by atoms with van der Waals surface area (Å²) in [6.07, 6.45) is 0.954. The van der Waals surface area contributed by atoms with Gasteiger partial charge in [-0.15, -0.1) is 17.5 Å². The van der Waals surface area contributed by atoms with Crippen LogP contribution in [0, 0.1) is 6.92 Å². The fraction of sp³-hybridized carbons (Fsp3) is 0.571. The van der Waals surface area contributed by atoms with E-state index in [4.69, 9.17) is 0 Å². The summed E-state index contributed by atoms with van der Waals surface area (Å²) < 4.78 is 0. The average Bonchev–Trinajstić information content (AvgIpc) is 2.04. The lowest BCUT2D eigenvalue weighted by Crippen LogP contribution is -2.26. The SMILES string of the molecule is Cc1nnc2c(n1)CNCC2.Cl. The van der Waals surface area contributed by atoms with Crippen LogP contribution in [0.3, 0.4) is 0 Å². The molecule has 4 nitrogen and oxygen atoms in total. The first kappa shape index (κ1) is 9.35. The van der Waals surface area contributed by atoms with Crippen molar-refractivity contribution < 1.29 is 0 Å². The Balaban J connectivity index is 0.000000720. The third-order valence-corrected chi connectivity index (χ3v) is 1.78. The quantitative estimate of drug-likeness (QED) is 0.631. The summed E-state index contributed by atoms with van der Waals surface area (Å²) in [7, 11) is 0. The molecule has 0 fully saturated rings. The third kappa shape index (κ3) is 1.70. The number of halogens is 1. The molecule has 0 spiro atoms. The van der Waals surface area contributed by atoms with E-state index in [1.54, 1.807) is 0 Å². The van der Waals surface area contributed by atoms with Gasteiger partial charge in [0, 0.05) is 19.5 Å². The second-order valence-electron chi connectivity index (χ2n) is 2.68. The summed E-state index contributed by atoms with van der Waals surface area (Å²) in [6.45, 7) is 3.69. The van der Waals surface area contributed by atoms with Gasteiger partial charge < -0.3 is 5.32 Å². The molecule has 0 saturated heterocycles. The average molecular weight is 187 g/mol. The van der Waals surface area contributed by atoms with Crippen LogP contribution in [0.4, 0.5) is 0 Å². The Morgan fingerprint density at radius 2 is 2.08 bits per heavy atom. The Bertz CT molecular complexity index is 276. The molecule has 1 aromatic rings. The lowest BCUT2D eigenvalue weighted by atomic mass is 10.2. The maximum Gasteiger partial charge on any atom is 0.148 e. The standard InChI is InChI=1S/C7H10N4.ClH/c1-5-9-7-4-8-3-2-6(7)11-10-5;/h8H,2-4H2,1H3;1H. The van der Waals surface area contributed by atoms with Crippen LogP contribution in [0.25, 0.3) is 0 Å². The van der Waals surface area contributed by atoms with Crippen molar-refractivity contribution in [3.63, 3.8) is 0 Å². The lowest BCUT2D eigenvalue weighted by Gasteiger charge is -2.13. The molecule has 1 aromatic heterocycles. The van der Waals surface area contributed by atoms with Crippen LogP contribution in [0.2, 0.25) is 0 Å².